The predicted octanol–water partition coefficient (Wildman–Crippen LogP) is 2.81. The molecule has 2 aliphatic rings. The van der Waals surface area contributed by atoms with E-state index in [4.69, 9.17) is 0 Å². The maximum atomic E-state index is 12.9. The van der Waals surface area contributed by atoms with Crippen LogP contribution >= 0.6 is 15.9 Å². The largest absolute Gasteiger partial charge is 0.417 e. The van der Waals surface area contributed by atoms with E-state index in [0.29, 0.717) is 19.3 Å². The Bertz CT molecular complexity index is 923. The summed E-state index contributed by atoms with van der Waals surface area (Å²) in [5.74, 6) is -0.560. The second-order valence-corrected chi connectivity index (χ2v) is 10.2. The minimum absolute atomic E-state index is 0.0338. The van der Waals surface area contributed by atoms with Gasteiger partial charge in [-0.3, -0.25) is 4.79 Å². The molecule has 3 rings (SSSR count). The third-order valence-electron chi connectivity index (χ3n) is 5.02. The van der Waals surface area contributed by atoms with E-state index in [1.165, 1.54) is 12.1 Å². The van der Waals surface area contributed by atoms with Gasteiger partial charge in [0.15, 0.2) is 9.84 Å². The Hall–Kier alpha value is -1.82. The molecular weight excluding hydrogens is 479 g/mol. The molecule has 1 aromatic rings. The Kier molecular flexibility index (Phi) is 6.13. The van der Waals surface area contributed by atoms with Gasteiger partial charge in [-0.05, 0) is 31.0 Å². The SMILES string of the molecule is O=C(CCCC[C@@H]1[C@H]2NC(=O)N[C@H]2CS1(=O)=O)Nc1ccc(Br)c(C(F)(F)F)c1. The Labute approximate surface area is 173 Å². The molecule has 7 nitrogen and oxygen atoms in total. The minimum atomic E-state index is -4.55. The highest BCUT2D eigenvalue weighted by atomic mass is 79.9. The van der Waals surface area contributed by atoms with Crippen LogP contribution in [0, 0.1) is 0 Å². The maximum Gasteiger partial charge on any atom is 0.417 e. The molecule has 0 saturated carbocycles. The van der Waals surface area contributed by atoms with E-state index in [-0.39, 0.29) is 28.4 Å². The first-order valence-corrected chi connectivity index (χ1v) is 11.4. The molecular formula is C17H19BrF3N3O4S. The molecule has 0 radical (unpaired) electrons. The van der Waals surface area contributed by atoms with Crippen LogP contribution in [0.25, 0.3) is 0 Å². The van der Waals surface area contributed by atoms with E-state index < -0.39 is 44.8 Å². The first-order chi connectivity index (χ1) is 13.5. The highest BCUT2D eigenvalue weighted by Crippen LogP contribution is 2.36. The number of benzene rings is 1. The number of urea groups is 1. The molecule has 0 aliphatic carbocycles. The lowest BCUT2D eigenvalue weighted by molar-refractivity contribution is -0.138. The summed E-state index contributed by atoms with van der Waals surface area (Å²) in [6.45, 7) is 0. The van der Waals surface area contributed by atoms with Crippen molar-refractivity contribution in [2.45, 2.75) is 49.2 Å². The van der Waals surface area contributed by atoms with Crippen molar-refractivity contribution in [3.8, 4) is 0 Å². The van der Waals surface area contributed by atoms with Crippen molar-refractivity contribution in [3.05, 3.63) is 28.2 Å². The van der Waals surface area contributed by atoms with Crippen LogP contribution in [-0.2, 0) is 20.8 Å². The van der Waals surface area contributed by atoms with Crippen LogP contribution in [0.2, 0.25) is 0 Å². The van der Waals surface area contributed by atoms with Gasteiger partial charge >= 0.3 is 12.2 Å². The van der Waals surface area contributed by atoms with Crippen molar-refractivity contribution in [3.63, 3.8) is 0 Å². The van der Waals surface area contributed by atoms with Crippen molar-refractivity contribution >= 4 is 43.4 Å². The highest BCUT2D eigenvalue weighted by molar-refractivity contribution is 9.10. The summed E-state index contributed by atoms with van der Waals surface area (Å²) in [7, 11) is -3.33. The van der Waals surface area contributed by atoms with Gasteiger partial charge in [-0.25, -0.2) is 13.2 Å². The zero-order valence-electron chi connectivity index (χ0n) is 15.1. The summed E-state index contributed by atoms with van der Waals surface area (Å²) >= 11 is 2.84. The molecule has 2 saturated heterocycles. The van der Waals surface area contributed by atoms with Gasteiger partial charge in [0, 0.05) is 16.6 Å². The van der Waals surface area contributed by atoms with E-state index in [1.54, 1.807) is 0 Å². The van der Waals surface area contributed by atoms with Crippen molar-refractivity contribution in [1.82, 2.24) is 10.6 Å². The number of fused-ring (bicyclic) bond motifs is 1. The Morgan fingerprint density at radius 1 is 1.24 bits per heavy atom. The molecule has 160 valence electrons. The topological polar surface area (TPSA) is 104 Å². The molecule has 2 fully saturated rings. The third-order valence-corrected chi connectivity index (χ3v) is 7.99. The Morgan fingerprint density at radius 3 is 2.66 bits per heavy atom. The molecule has 0 bridgehead atoms. The minimum Gasteiger partial charge on any atom is -0.332 e. The molecule has 0 unspecified atom stereocenters. The number of hydrogen-bond donors (Lipinski definition) is 3. The molecule has 12 heteroatoms. The maximum absolute atomic E-state index is 12.9. The van der Waals surface area contributed by atoms with Crippen molar-refractivity contribution < 1.29 is 31.2 Å². The van der Waals surface area contributed by atoms with Gasteiger partial charge in [-0.15, -0.1) is 0 Å². The third kappa shape index (κ3) is 5.03. The average Bonchev–Trinajstić information content (AvgIpc) is 3.04. The van der Waals surface area contributed by atoms with E-state index in [0.717, 1.165) is 6.07 Å². The van der Waals surface area contributed by atoms with Gasteiger partial charge in [-0.2, -0.15) is 13.2 Å². The lowest BCUT2D eigenvalue weighted by atomic mass is 10.0. The molecule has 1 aromatic carbocycles. The highest BCUT2D eigenvalue weighted by Gasteiger charge is 2.51. The van der Waals surface area contributed by atoms with Crippen LogP contribution in [0.15, 0.2) is 22.7 Å². The normalized spacial score (nSPS) is 25.2. The van der Waals surface area contributed by atoms with Crippen LogP contribution in [-0.4, -0.2) is 43.4 Å². The quantitative estimate of drug-likeness (QED) is 0.415. The molecule has 29 heavy (non-hydrogen) atoms. The standard InChI is InChI=1S/C17H19BrF3N3O4S/c18-11-6-5-9(7-10(11)17(19,20)21)22-14(25)4-2-1-3-13-15-12(8-29(13,27)28)23-16(26)24-15/h5-7,12-13,15H,1-4,8H2,(H,22,25)(H2,23,24,26)/t12-,13+,15-/m0/s1. The summed E-state index contributed by atoms with van der Waals surface area (Å²) in [5.41, 5.74) is -0.852. The monoisotopic (exact) mass is 497 g/mol. The van der Waals surface area contributed by atoms with Crippen LogP contribution in [0.5, 0.6) is 0 Å². The fourth-order valence-electron chi connectivity index (χ4n) is 3.68. The van der Waals surface area contributed by atoms with Crippen molar-refractivity contribution in [2.75, 3.05) is 11.1 Å². The first-order valence-electron chi connectivity index (χ1n) is 8.92. The molecule has 0 aromatic heterocycles. The second kappa shape index (κ2) is 8.13. The van der Waals surface area contributed by atoms with Gasteiger partial charge in [-0.1, -0.05) is 22.4 Å². The number of carbonyl (C=O) groups excluding carboxylic acids is 2. The Balaban J connectivity index is 1.49. The number of unbranched alkanes of at least 4 members (excludes halogenated alkanes) is 1. The smallest absolute Gasteiger partial charge is 0.332 e. The van der Waals surface area contributed by atoms with Crippen LogP contribution in [0.4, 0.5) is 23.7 Å². The number of halogens is 4. The van der Waals surface area contributed by atoms with E-state index in [1.807, 2.05) is 0 Å². The molecule has 3 amide bonds. The Morgan fingerprint density at radius 2 is 1.97 bits per heavy atom. The van der Waals surface area contributed by atoms with Crippen LogP contribution < -0.4 is 16.0 Å². The lowest BCUT2D eigenvalue weighted by Gasteiger charge is -2.16. The summed E-state index contributed by atoms with van der Waals surface area (Å²) in [5, 5.41) is 6.93. The van der Waals surface area contributed by atoms with Gasteiger partial charge in [0.25, 0.3) is 0 Å². The van der Waals surface area contributed by atoms with E-state index in [9.17, 15) is 31.2 Å². The number of anilines is 1. The molecule has 3 N–H and O–H groups in total. The number of rotatable bonds is 6. The first kappa shape index (κ1) is 21.9. The predicted molar refractivity (Wildman–Crippen MR) is 103 cm³/mol. The molecule has 2 heterocycles. The number of alkyl halides is 3. The number of hydrogen-bond acceptors (Lipinski definition) is 4. The number of sulfone groups is 1. The molecule has 3 atom stereocenters. The van der Waals surface area contributed by atoms with E-state index in [2.05, 4.69) is 31.9 Å². The van der Waals surface area contributed by atoms with Crippen molar-refractivity contribution in [1.29, 1.82) is 0 Å². The van der Waals surface area contributed by atoms with Gasteiger partial charge in [0.05, 0.1) is 28.6 Å². The summed E-state index contributed by atoms with van der Waals surface area (Å²) in [4.78, 5) is 23.4. The zero-order chi connectivity index (χ0) is 21.4. The van der Waals surface area contributed by atoms with Gasteiger partial charge < -0.3 is 16.0 Å². The van der Waals surface area contributed by atoms with E-state index >= 15 is 0 Å². The van der Waals surface area contributed by atoms with Gasteiger partial charge in [0.2, 0.25) is 5.91 Å². The average molecular weight is 498 g/mol. The summed E-state index contributed by atoms with van der Waals surface area (Å²) < 4.78 is 63.1. The summed E-state index contributed by atoms with van der Waals surface area (Å²) in [6, 6.07) is 2.14. The lowest BCUT2D eigenvalue weighted by Crippen LogP contribution is -2.39. The molecule has 2 aliphatic heterocycles. The fraction of sp³-hybridized carbons (Fsp3) is 0.529. The molecule has 0 spiro atoms. The fourth-order valence-corrected chi connectivity index (χ4v) is 6.42. The zero-order valence-corrected chi connectivity index (χ0v) is 17.5. The van der Waals surface area contributed by atoms with Crippen LogP contribution in [0.3, 0.4) is 0 Å². The van der Waals surface area contributed by atoms with Crippen LogP contribution in [0.1, 0.15) is 31.2 Å². The second-order valence-electron chi connectivity index (χ2n) is 7.10. The number of nitrogens with one attached hydrogen (secondary N) is 3. The number of carbonyl (C=O) groups is 2. The van der Waals surface area contributed by atoms with Gasteiger partial charge in [0.1, 0.15) is 0 Å². The van der Waals surface area contributed by atoms with Crippen molar-refractivity contribution in [2.24, 2.45) is 0 Å². The summed E-state index contributed by atoms with van der Waals surface area (Å²) in [6.07, 6.45) is -3.39. The number of amides is 3.